The van der Waals surface area contributed by atoms with Crippen molar-refractivity contribution in [3.8, 4) is 5.69 Å². The van der Waals surface area contributed by atoms with Gasteiger partial charge in [-0.3, -0.25) is 14.3 Å². The van der Waals surface area contributed by atoms with Crippen LogP contribution in [-0.2, 0) is 16.6 Å². The van der Waals surface area contributed by atoms with Crippen molar-refractivity contribution in [1.29, 1.82) is 0 Å². The van der Waals surface area contributed by atoms with Crippen LogP contribution in [0.3, 0.4) is 0 Å². The maximum Gasteiger partial charge on any atom is 0.375 e. The minimum absolute atomic E-state index is 0.0335. The van der Waals surface area contributed by atoms with Crippen LogP contribution >= 0.6 is 15.9 Å². The summed E-state index contributed by atoms with van der Waals surface area (Å²) in [5.74, 6) is -1.43. The van der Waals surface area contributed by atoms with Gasteiger partial charge in [0.15, 0.2) is 10.8 Å². The summed E-state index contributed by atoms with van der Waals surface area (Å²) in [6.07, 6.45) is -1.12. The summed E-state index contributed by atoms with van der Waals surface area (Å²) in [5, 5.41) is 2.56. The molecule has 0 saturated carbocycles. The van der Waals surface area contributed by atoms with Crippen molar-refractivity contribution in [2.24, 2.45) is 7.05 Å². The van der Waals surface area contributed by atoms with Gasteiger partial charge < -0.3 is 14.5 Å². The molecule has 0 aliphatic rings. The largest absolute Gasteiger partial charge is 0.447 e. The van der Waals surface area contributed by atoms with E-state index in [1.807, 2.05) is 18.2 Å². The SMILES string of the molecule is Cc1c(NC(=O)[C@@H](C)OC(=O)c2ccc(Br)o2)c(=O)n(-c2ccccc2)n1C. The molecule has 0 unspecified atom stereocenters. The topological polar surface area (TPSA) is 95.5 Å². The first-order chi connectivity index (χ1) is 13.3. The van der Waals surface area contributed by atoms with E-state index in [9.17, 15) is 14.4 Å². The number of aromatic nitrogens is 2. The number of nitrogens with one attached hydrogen (secondary N) is 1. The molecule has 1 aromatic carbocycles. The fourth-order valence-electron chi connectivity index (χ4n) is 2.63. The third kappa shape index (κ3) is 3.79. The maximum absolute atomic E-state index is 12.8. The van der Waals surface area contributed by atoms with Crippen molar-refractivity contribution >= 4 is 33.5 Å². The third-order valence-electron chi connectivity index (χ3n) is 4.23. The number of amides is 1. The quantitative estimate of drug-likeness (QED) is 0.606. The molecule has 2 heterocycles. The molecule has 28 heavy (non-hydrogen) atoms. The van der Waals surface area contributed by atoms with Crippen LogP contribution in [0.4, 0.5) is 5.69 Å². The second-order valence-electron chi connectivity index (χ2n) is 6.08. The van der Waals surface area contributed by atoms with Gasteiger partial charge in [0.2, 0.25) is 5.76 Å². The van der Waals surface area contributed by atoms with E-state index in [4.69, 9.17) is 9.15 Å². The van der Waals surface area contributed by atoms with E-state index in [0.29, 0.717) is 16.1 Å². The Morgan fingerprint density at radius 3 is 2.46 bits per heavy atom. The number of para-hydroxylation sites is 1. The first kappa shape index (κ1) is 19.7. The molecule has 8 nitrogen and oxygen atoms in total. The molecule has 3 rings (SSSR count). The van der Waals surface area contributed by atoms with Gasteiger partial charge in [0, 0.05) is 7.05 Å². The summed E-state index contributed by atoms with van der Waals surface area (Å²) in [5.41, 5.74) is 0.977. The number of furan rings is 1. The molecule has 0 saturated heterocycles. The molecule has 1 N–H and O–H groups in total. The van der Waals surface area contributed by atoms with Crippen LogP contribution in [0.2, 0.25) is 0 Å². The number of rotatable bonds is 5. The number of hydrogen-bond acceptors (Lipinski definition) is 5. The first-order valence-corrected chi connectivity index (χ1v) is 9.20. The smallest absolute Gasteiger partial charge is 0.375 e. The van der Waals surface area contributed by atoms with Crippen LogP contribution in [0, 0.1) is 6.92 Å². The van der Waals surface area contributed by atoms with Crippen molar-refractivity contribution in [3.63, 3.8) is 0 Å². The molecule has 0 spiro atoms. The van der Waals surface area contributed by atoms with Gasteiger partial charge in [-0.05, 0) is 54.0 Å². The fourth-order valence-corrected chi connectivity index (χ4v) is 2.94. The number of anilines is 1. The maximum atomic E-state index is 12.8. The second kappa shape index (κ2) is 7.89. The second-order valence-corrected chi connectivity index (χ2v) is 6.86. The van der Waals surface area contributed by atoms with Gasteiger partial charge in [0.1, 0.15) is 5.69 Å². The summed E-state index contributed by atoms with van der Waals surface area (Å²) >= 11 is 3.09. The Balaban J connectivity index is 1.79. The molecule has 0 radical (unpaired) electrons. The van der Waals surface area contributed by atoms with Gasteiger partial charge >= 0.3 is 5.97 Å². The van der Waals surface area contributed by atoms with Crippen LogP contribution in [0.15, 0.2) is 56.3 Å². The van der Waals surface area contributed by atoms with Crippen LogP contribution in [-0.4, -0.2) is 27.3 Å². The summed E-state index contributed by atoms with van der Waals surface area (Å²) < 4.78 is 13.7. The summed E-state index contributed by atoms with van der Waals surface area (Å²) in [6, 6.07) is 12.0. The number of carbonyl (C=O) groups is 2. The molecular formula is C19H18BrN3O5. The predicted octanol–water partition coefficient (Wildman–Crippen LogP) is 3.02. The monoisotopic (exact) mass is 447 g/mol. The molecule has 0 aliphatic carbocycles. The van der Waals surface area contributed by atoms with Gasteiger partial charge in [-0.25, -0.2) is 9.48 Å². The predicted molar refractivity (Wildman–Crippen MR) is 106 cm³/mol. The van der Waals surface area contributed by atoms with Gasteiger partial charge in [0.05, 0.1) is 11.4 Å². The van der Waals surface area contributed by atoms with E-state index in [-0.39, 0.29) is 17.0 Å². The lowest BCUT2D eigenvalue weighted by Crippen LogP contribution is -2.32. The molecule has 0 fully saturated rings. The number of esters is 1. The number of halogens is 1. The molecule has 9 heteroatoms. The molecule has 146 valence electrons. The van der Waals surface area contributed by atoms with E-state index < -0.39 is 18.0 Å². The number of hydrogen-bond donors (Lipinski definition) is 1. The minimum Gasteiger partial charge on any atom is -0.447 e. The highest BCUT2D eigenvalue weighted by molar-refractivity contribution is 9.10. The van der Waals surface area contributed by atoms with Crippen LogP contribution in [0.1, 0.15) is 23.2 Å². The molecule has 1 amide bonds. The third-order valence-corrected chi connectivity index (χ3v) is 4.66. The van der Waals surface area contributed by atoms with E-state index in [0.717, 1.165) is 0 Å². The Labute approximate surface area is 168 Å². The lowest BCUT2D eigenvalue weighted by atomic mass is 10.3. The molecule has 0 bridgehead atoms. The Bertz CT molecular complexity index is 1080. The van der Waals surface area contributed by atoms with Crippen molar-refractivity contribution in [2.75, 3.05) is 5.32 Å². The van der Waals surface area contributed by atoms with Crippen LogP contribution in [0.25, 0.3) is 5.69 Å². The van der Waals surface area contributed by atoms with Gasteiger partial charge in [-0.1, -0.05) is 18.2 Å². The average molecular weight is 448 g/mol. The molecule has 0 aliphatic heterocycles. The van der Waals surface area contributed by atoms with Gasteiger partial charge in [-0.2, -0.15) is 0 Å². The van der Waals surface area contributed by atoms with Crippen molar-refractivity contribution < 1.29 is 18.7 Å². The summed E-state index contributed by atoms with van der Waals surface area (Å²) in [4.78, 5) is 37.3. The number of benzene rings is 1. The standard InChI is InChI=1S/C19H18BrN3O5/c1-11-16(18(25)23(22(11)3)13-7-5-4-6-8-13)21-17(24)12(2)27-19(26)14-9-10-15(20)28-14/h4-10,12H,1-3H3,(H,21,24)/t12-/m1/s1. The number of carbonyl (C=O) groups excluding carboxylic acids is 2. The normalized spacial score (nSPS) is 11.9. The Morgan fingerprint density at radius 2 is 1.86 bits per heavy atom. The lowest BCUT2D eigenvalue weighted by Gasteiger charge is -2.12. The van der Waals surface area contributed by atoms with Crippen molar-refractivity contribution in [3.05, 3.63) is 68.9 Å². The van der Waals surface area contributed by atoms with E-state index in [2.05, 4.69) is 21.2 Å². The minimum atomic E-state index is -1.12. The Hall–Kier alpha value is -3.07. The highest BCUT2D eigenvalue weighted by atomic mass is 79.9. The zero-order valence-electron chi connectivity index (χ0n) is 15.4. The molecule has 1 atom stereocenters. The van der Waals surface area contributed by atoms with Gasteiger partial charge in [-0.15, -0.1) is 0 Å². The fraction of sp³-hybridized carbons (Fsp3) is 0.211. The molecule has 2 aromatic heterocycles. The Kier molecular flexibility index (Phi) is 5.55. The summed E-state index contributed by atoms with van der Waals surface area (Å²) in [7, 11) is 1.72. The van der Waals surface area contributed by atoms with Gasteiger partial charge in [0.25, 0.3) is 11.5 Å². The highest BCUT2D eigenvalue weighted by Gasteiger charge is 2.24. The molecular weight excluding hydrogens is 430 g/mol. The molecule has 3 aromatic rings. The zero-order valence-corrected chi connectivity index (χ0v) is 17.0. The van der Waals surface area contributed by atoms with Crippen molar-refractivity contribution in [2.45, 2.75) is 20.0 Å². The number of nitrogens with zero attached hydrogens (tertiary/aromatic N) is 2. The first-order valence-electron chi connectivity index (χ1n) is 8.40. The van der Waals surface area contributed by atoms with E-state index in [1.54, 1.807) is 36.9 Å². The van der Waals surface area contributed by atoms with Crippen LogP contribution < -0.4 is 10.9 Å². The Morgan fingerprint density at radius 1 is 1.18 bits per heavy atom. The number of ether oxygens (including phenoxy) is 1. The van der Waals surface area contributed by atoms with E-state index >= 15 is 0 Å². The lowest BCUT2D eigenvalue weighted by molar-refractivity contribution is -0.123. The average Bonchev–Trinajstić information content (AvgIpc) is 3.20. The highest BCUT2D eigenvalue weighted by Crippen LogP contribution is 2.17. The van der Waals surface area contributed by atoms with Crippen molar-refractivity contribution in [1.82, 2.24) is 9.36 Å². The summed E-state index contributed by atoms with van der Waals surface area (Å²) in [6.45, 7) is 3.13. The zero-order chi connectivity index (χ0) is 20.4. The van der Waals surface area contributed by atoms with E-state index in [1.165, 1.54) is 17.7 Å². The van der Waals surface area contributed by atoms with Crippen LogP contribution in [0.5, 0.6) is 0 Å².